The van der Waals surface area contributed by atoms with Crippen LogP contribution in [0, 0.1) is 0 Å². The van der Waals surface area contributed by atoms with Gasteiger partial charge in [0, 0.05) is 7.05 Å². The summed E-state index contributed by atoms with van der Waals surface area (Å²) in [5.41, 5.74) is 0. The van der Waals surface area contributed by atoms with E-state index in [1.54, 1.807) is 18.2 Å². The molecule has 0 N–H and O–H groups in total. The van der Waals surface area contributed by atoms with Gasteiger partial charge in [0.15, 0.2) is 0 Å². The molecule has 0 saturated heterocycles. The molecule has 0 aliphatic heterocycles. The van der Waals surface area contributed by atoms with Gasteiger partial charge in [-0.2, -0.15) is 4.31 Å². The highest BCUT2D eigenvalue weighted by atomic mass is 79.9. The summed E-state index contributed by atoms with van der Waals surface area (Å²) in [5, 5.41) is 0. The van der Waals surface area contributed by atoms with Gasteiger partial charge >= 0.3 is 0 Å². The summed E-state index contributed by atoms with van der Waals surface area (Å²) in [6.07, 6.45) is 1.51. The molecule has 0 fully saturated rings. The fraction of sp³-hybridized carbons (Fsp3) is 0.231. The van der Waals surface area contributed by atoms with Crippen LogP contribution in [0.15, 0.2) is 50.4 Å². The first-order valence-electron chi connectivity index (χ1n) is 5.77. The molecular weight excluding hydrogens is 346 g/mol. The molecule has 2 rings (SSSR count). The molecule has 5 nitrogen and oxygen atoms in total. The molecule has 0 unspecified atom stereocenters. The van der Waals surface area contributed by atoms with Gasteiger partial charge in [-0.15, -0.1) is 0 Å². The average Bonchev–Trinajstić information content (AvgIpc) is 2.91. The van der Waals surface area contributed by atoms with Gasteiger partial charge in [0.1, 0.15) is 11.5 Å². The number of hydrogen-bond donors (Lipinski definition) is 0. The molecule has 0 amide bonds. The van der Waals surface area contributed by atoms with Crippen molar-refractivity contribution in [3.63, 3.8) is 0 Å². The molecule has 2 aromatic rings. The van der Waals surface area contributed by atoms with Crippen molar-refractivity contribution in [2.24, 2.45) is 0 Å². The van der Waals surface area contributed by atoms with Gasteiger partial charge in [-0.25, -0.2) is 8.42 Å². The van der Waals surface area contributed by atoms with Crippen molar-refractivity contribution in [3.8, 4) is 5.75 Å². The second-order valence-electron chi connectivity index (χ2n) is 4.14. The quantitative estimate of drug-likeness (QED) is 0.823. The van der Waals surface area contributed by atoms with Crippen LogP contribution in [-0.2, 0) is 16.6 Å². The third-order valence-electron chi connectivity index (χ3n) is 2.79. The number of sulfonamides is 1. The number of ether oxygens (including phenoxy) is 1. The van der Waals surface area contributed by atoms with Gasteiger partial charge < -0.3 is 9.15 Å². The van der Waals surface area contributed by atoms with E-state index in [1.165, 1.54) is 36.9 Å². The maximum absolute atomic E-state index is 12.4. The molecule has 0 aliphatic rings. The molecule has 7 heteroatoms. The van der Waals surface area contributed by atoms with Gasteiger partial charge in [0.2, 0.25) is 10.0 Å². The van der Waals surface area contributed by atoms with E-state index in [-0.39, 0.29) is 11.4 Å². The normalized spacial score (nSPS) is 11.8. The topological polar surface area (TPSA) is 59.8 Å². The maximum Gasteiger partial charge on any atom is 0.243 e. The van der Waals surface area contributed by atoms with Crippen molar-refractivity contribution in [2.75, 3.05) is 14.2 Å². The number of benzene rings is 1. The predicted octanol–water partition coefficient (Wildman–Crippen LogP) is 2.87. The highest BCUT2D eigenvalue weighted by Crippen LogP contribution is 2.28. The zero-order valence-corrected chi connectivity index (χ0v) is 13.4. The first kappa shape index (κ1) is 15.1. The van der Waals surface area contributed by atoms with Crippen LogP contribution in [0.5, 0.6) is 5.75 Å². The highest BCUT2D eigenvalue weighted by Gasteiger charge is 2.22. The summed E-state index contributed by atoms with van der Waals surface area (Å²) in [7, 11) is -0.540. The predicted molar refractivity (Wildman–Crippen MR) is 78.1 cm³/mol. The summed E-state index contributed by atoms with van der Waals surface area (Å²) < 4.78 is 36.9. The van der Waals surface area contributed by atoms with Crippen LogP contribution in [-0.4, -0.2) is 26.9 Å². The van der Waals surface area contributed by atoms with E-state index in [2.05, 4.69) is 15.9 Å². The molecule has 0 saturated carbocycles. The molecule has 0 radical (unpaired) electrons. The van der Waals surface area contributed by atoms with Gasteiger partial charge in [-0.1, -0.05) is 0 Å². The fourth-order valence-corrected chi connectivity index (χ4v) is 3.55. The van der Waals surface area contributed by atoms with Crippen molar-refractivity contribution >= 4 is 26.0 Å². The van der Waals surface area contributed by atoms with Gasteiger partial charge in [0.05, 0.1) is 29.3 Å². The number of nitrogens with zero attached hydrogens (tertiary/aromatic N) is 1. The SMILES string of the molecule is COc1ccc(S(=O)(=O)N(C)Cc2ccco2)cc1Br. The van der Waals surface area contributed by atoms with Crippen LogP contribution in [0.25, 0.3) is 0 Å². The number of halogens is 1. The maximum atomic E-state index is 12.4. The van der Waals surface area contributed by atoms with Crippen molar-refractivity contribution in [3.05, 3.63) is 46.8 Å². The molecule has 20 heavy (non-hydrogen) atoms. The fourth-order valence-electron chi connectivity index (χ4n) is 1.69. The van der Waals surface area contributed by atoms with Crippen LogP contribution < -0.4 is 4.74 Å². The minimum Gasteiger partial charge on any atom is -0.496 e. The Bertz CT molecular complexity index is 682. The largest absolute Gasteiger partial charge is 0.496 e. The van der Waals surface area contributed by atoms with E-state index in [4.69, 9.17) is 9.15 Å². The Kier molecular flexibility index (Phi) is 4.52. The molecule has 1 aromatic heterocycles. The van der Waals surface area contributed by atoms with E-state index < -0.39 is 10.0 Å². The van der Waals surface area contributed by atoms with Crippen LogP contribution >= 0.6 is 15.9 Å². The second-order valence-corrected chi connectivity index (χ2v) is 7.04. The number of hydrogen-bond acceptors (Lipinski definition) is 4. The lowest BCUT2D eigenvalue weighted by molar-refractivity contribution is 0.405. The highest BCUT2D eigenvalue weighted by molar-refractivity contribution is 9.10. The average molecular weight is 360 g/mol. The van der Waals surface area contributed by atoms with Crippen molar-refractivity contribution in [1.29, 1.82) is 0 Å². The summed E-state index contributed by atoms with van der Waals surface area (Å²) in [4.78, 5) is 0.194. The standard InChI is InChI=1S/C13H14BrNO4S/c1-15(9-10-4-3-7-19-10)20(16,17)11-5-6-13(18-2)12(14)8-11/h3-8H,9H2,1-2H3. The minimum absolute atomic E-state index is 0.180. The smallest absolute Gasteiger partial charge is 0.243 e. The van der Waals surface area contributed by atoms with Crippen LogP contribution in [0.3, 0.4) is 0 Å². The van der Waals surface area contributed by atoms with Crippen LogP contribution in [0.1, 0.15) is 5.76 Å². The summed E-state index contributed by atoms with van der Waals surface area (Å²) in [6, 6.07) is 8.10. The minimum atomic E-state index is -3.57. The third-order valence-corrected chi connectivity index (χ3v) is 5.21. The first-order valence-corrected chi connectivity index (χ1v) is 8.00. The summed E-state index contributed by atoms with van der Waals surface area (Å²) in [6.45, 7) is 0.180. The summed E-state index contributed by atoms with van der Waals surface area (Å²) in [5.74, 6) is 1.17. The van der Waals surface area contributed by atoms with Gasteiger partial charge in [0.25, 0.3) is 0 Å². The van der Waals surface area contributed by atoms with Crippen LogP contribution in [0.2, 0.25) is 0 Å². The zero-order valence-electron chi connectivity index (χ0n) is 11.0. The molecular formula is C13H14BrNO4S. The lowest BCUT2D eigenvalue weighted by Gasteiger charge is -2.16. The van der Waals surface area contributed by atoms with E-state index in [0.717, 1.165) is 0 Å². The Balaban J connectivity index is 2.27. The molecule has 108 valence electrons. The molecule has 1 aromatic carbocycles. The first-order chi connectivity index (χ1) is 9.45. The molecule has 1 heterocycles. The van der Waals surface area contributed by atoms with Gasteiger partial charge in [-0.05, 0) is 46.3 Å². The monoisotopic (exact) mass is 359 g/mol. The molecule has 0 bridgehead atoms. The van der Waals surface area contributed by atoms with Crippen molar-refractivity contribution in [1.82, 2.24) is 4.31 Å². The van der Waals surface area contributed by atoms with Crippen LogP contribution in [0.4, 0.5) is 0 Å². The van der Waals surface area contributed by atoms with E-state index in [1.807, 2.05) is 0 Å². The molecule has 0 spiro atoms. The Morgan fingerprint density at radius 1 is 1.35 bits per heavy atom. The second kappa shape index (κ2) is 5.99. The lowest BCUT2D eigenvalue weighted by atomic mass is 10.3. The Morgan fingerprint density at radius 2 is 2.10 bits per heavy atom. The molecule has 0 aliphatic carbocycles. The van der Waals surface area contributed by atoms with Crippen molar-refractivity contribution < 1.29 is 17.6 Å². The van der Waals surface area contributed by atoms with Gasteiger partial charge in [-0.3, -0.25) is 0 Å². The summed E-state index contributed by atoms with van der Waals surface area (Å²) >= 11 is 3.28. The number of rotatable bonds is 5. The number of furan rings is 1. The Hall–Kier alpha value is -1.31. The van der Waals surface area contributed by atoms with Crippen molar-refractivity contribution in [2.45, 2.75) is 11.4 Å². The zero-order chi connectivity index (χ0) is 14.8. The van der Waals surface area contributed by atoms with E-state index in [0.29, 0.717) is 16.0 Å². The Labute approximate surface area is 126 Å². The third kappa shape index (κ3) is 3.05. The van der Waals surface area contributed by atoms with E-state index >= 15 is 0 Å². The Morgan fingerprint density at radius 3 is 2.65 bits per heavy atom. The van der Waals surface area contributed by atoms with E-state index in [9.17, 15) is 8.42 Å². The molecule has 0 atom stereocenters. The lowest BCUT2D eigenvalue weighted by Crippen LogP contribution is -2.26. The number of methoxy groups -OCH3 is 1.